The van der Waals surface area contributed by atoms with Gasteiger partial charge in [0.1, 0.15) is 0 Å². The summed E-state index contributed by atoms with van der Waals surface area (Å²) in [5, 5.41) is 5.74. The minimum atomic E-state index is -0.332. The number of carbonyl (C=O) groups is 2. The molecule has 1 saturated heterocycles. The van der Waals surface area contributed by atoms with Crippen LogP contribution >= 0.6 is 0 Å². The van der Waals surface area contributed by atoms with Gasteiger partial charge in [0.05, 0.1) is 28.4 Å². The number of rotatable bonds is 2. The van der Waals surface area contributed by atoms with Crippen molar-refractivity contribution in [2.24, 2.45) is 0 Å². The normalized spacial score (nSPS) is 25.6. The SMILES string of the molecule is CC1(C)CC(Nc2ccc3c(c2)C(=O)NC3=O)C(C)(C)O1. The third-order valence-corrected chi connectivity index (χ3v) is 4.15. The van der Waals surface area contributed by atoms with Crippen molar-refractivity contribution in [1.82, 2.24) is 5.32 Å². The van der Waals surface area contributed by atoms with Crippen molar-refractivity contribution < 1.29 is 14.3 Å². The number of carbonyl (C=O) groups excluding carboxylic acids is 2. The fraction of sp³-hybridized carbons (Fsp3) is 0.500. The average Bonchev–Trinajstić information content (AvgIpc) is 2.73. The lowest BCUT2D eigenvalue weighted by atomic mass is 9.94. The van der Waals surface area contributed by atoms with Gasteiger partial charge in [-0.1, -0.05) is 0 Å². The van der Waals surface area contributed by atoms with E-state index in [-0.39, 0.29) is 29.1 Å². The van der Waals surface area contributed by atoms with E-state index in [9.17, 15) is 9.59 Å². The minimum Gasteiger partial charge on any atom is -0.379 e. The molecule has 2 N–H and O–H groups in total. The Labute approximate surface area is 124 Å². The van der Waals surface area contributed by atoms with Gasteiger partial charge in [-0.25, -0.2) is 0 Å². The zero-order valence-corrected chi connectivity index (χ0v) is 12.7. The standard InChI is InChI=1S/C16H20N2O3/c1-15(2)8-12(16(3,4)21-15)17-9-5-6-10-11(7-9)14(20)18-13(10)19/h5-7,12,17H,8H2,1-4H3,(H,18,19,20). The third kappa shape index (κ3) is 2.42. The fourth-order valence-corrected chi connectivity index (χ4v) is 3.25. The highest BCUT2D eigenvalue weighted by Gasteiger charge is 2.45. The van der Waals surface area contributed by atoms with Gasteiger partial charge in [0.25, 0.3) is 11.8 Å². The van der Waals surface area contributed by atoms with E-state index < -0.39 is 0 Å². The van der Waals surface area contributed by atoms with Gasteiger partial charge in [-0.05, 0) is 52.3 Å². The highest BCUT2D eigenvalue weighted by atomic mass is 16.5. The van der Waals surface area contributed by atoms with E-state index in [4.69, 9.17) is 4.74 Å². The summed E-state index contributed by atoms with van der Waals surface area (Å²) in [6, 6.07) is 5.40. The number of anilines is 1. The second kappa shape index (κ2) is 4.31. The van der Waals surface area contributed by atoms with E-state index in [0.717, 1.165) is 12.1 Å². The summed E-state index contributed by atoms with van der Waals surface area (Å²) in [5.41, 5.74) is 1.23. The van der Waals surface area contributed by atoms with Gasteiger partial charge in [0.2, 0.25) is 0 Å². The van der Waals surface area contributed by atoms with E-state index in [1.165, 1.54) is 0 Å². The monoisotopic (exact) mass is 288 g/mol. The molecule has 1 fully saturated rings. The molecule has 0 spiro atoms. The van der Waals surface area contributed by atoms with Crippen LogP contribution in [0, 0.1) is 0 Å². The van der Waals surface area contributed by atoms with Crippen LogP contribution in [-0.4, -0.2) is 29.1 Å². The highest BCUT2D eigenvalue weighted by molar-refractivity contribution is 6.21. The molecule has 0 radical (unpaired) electrons. The molecular weight excluding hydrogens is 268 g/mol. The second-order valence-electron chi connectivity index (χ2n) is 6.91. The first-order chi connectivity index (χ1) is 9.68. The first kappa shape index (κ1) is 14.1. The van der Waals surface area contributed by atoms with Gasteiger partial charge in [-0.2, -0.15) is 0 Å². The lowest BCUT2D eigenvalue weighted by molar-refractivity contribution is -0.0662. The zero-order valence-electron chi connectivity index (χ0n) is 12.7. The van der Waals surface area contributed by atoms with Crippen LogP contribution in [0.15, 0.2) is 18.2 Å². The van der Waals surface area contributed by atoms with Crippen LogP contribution in [-0.2, 0) is 4.74 Å². The molecule has 5 heteroatoms. The van der Waals surface area contributed by atoms with Crippen LogP contribution in [0.2, 0.25) is 0 Å². The maximum absolute atomic E-state index is 11.7. The summed E-state index contributed by atoms with van der Waals surface area (Å²) in [6.45, 7) is 8.27. The molecule has 112 valence electrons. The zero-order chi connectivity index (χ0) is 15.4. The number of hydrogen-bond acceptors (Lipinski definition) is 4. The lowest BCUT2D eigenvalue weighted by Crippen LogP contribution is -2.38. The molecule has 2 amide bonds. The lowest BCUT2D eigenvalue weighted by Gasteiger charge is -2.28. The Morgan fingerprint density at radius 2 is 1.81 bits per heavy atom. The molecule has 2 heterocycles. The van der Waals surface area contributed by atoms with E-state index in [0.29, 0.717) is 11.1 Å². The third-order valence-electron chi connectivity index (χ3n) is 4.15. The number of imide groups is 1. The van der Waals surface area contributed by atoms with Crippen molar-refractivity contribution in [2.75, 3.05) is 5.32 Å². The summed E-state index contributed by atoms with van der Waals surface area (Å²) in [4.78, 5) is 23.3. The van der Waals surface area contributed by atoms with Gasteiger partial charge in [0.15, 0.2) is 0 Å². The molecule has 1 aromatic carbocycles. The number of benzene rings is 1. The van der Waals surface area contributed by atoms with Crippen molar-refractivity contribution in [1.29, 1.82) is 0 Å². The number of hydrogen-bond donors (Lipinski definition) is 2. The number of nitrogens with one attached hydrogen (secondary N) is 2. The van der Waals surface area contributed by atoms with Crippen molar-refractivity contribution >= 4 is 17.5 Å². The molecule has 0 saturated carbocycles. The maximum Gasteiger partial charge on any atom is 0.259 e. The molecule has 5 nitrogen and oxygen atoms in total. The molecule has 2 aliphatic rings. The quantitative estimate of drug-likeness (QED) is 0.820. The molecule has 1 unspecified atom stereocenters. The Hall–Kier alpha value is -1.88. The fourth-order valence-electron chi connectivity index (χ4n) is 3.25. The molecule has 2 aliphatic heterocycles. The first-order valence-corrected chi connectivity index (χ1v) is 7.14. The van der Waals surface area contributed by atoms with Gasteiger partial charge >= 0.3 is 0 Å². The number of amides is 2. The Balaban J connectivity index is 1.85. The average molecular weight is 288 g/mol. The van der Waals surface area contributed by atoms with Gasteiger partial charge in [-0.15, -0.1) is 0 Å². The molecule has 21 heavy (non-hydrogen) atoms. The second-order valence-corrected chi connectivity index (χ2v) is 6.91. The van der Waals surface area contributed by atoms with E-state index >= 15 is 0 Å². The molecular formula is C16H20N2O3. The maximum atomic E-state index is 11.7. The first-order valence-electron chi connectivity index (χ1n) is 7.14. The van der Waals surface area contributed by atoms with E-state index in [2.05, 4.69) is 38.3 Å². The Morgan fingerprint density at radius 1 is 1.14 bits per heavy atom. The van der Waals surface area contributed by atoms with Gasteiger partial charge < -0.3 is 10.1 Å². The molecule has 0 bridgehead atoms. The van der Waals surface area contributed by atoms with Crippen molar-refractivity contribution in [3.63, 3.8) is 0 Å². The van der Waals surface area contributed by atoms with Gasteiger partial charge in [0, 0.05) is 5.69 Å². The highest BCUT2D eigenvalue weighted by Crippen LogP contribution is 2.39. The summed E-state index contributed by atoms with van der Waals surface area (Å²) < 4.78 is 6.06. The molecule has 0 aromatic heterocycles. The predicted octanol–water partition coefficient (Wildman–Crippen LogP) is 2.33. The molecule has 1 atom stereocenters. The van der Waals surface area contributed by atoms with Crippen LogP contribution in [0.4, 0.5) is 5.69 Å². The number of fused-ring (bicyclic) bond motifs is 1. The van der Waals surface area contributed by atoms with Crippen molar-refractivity contribution in [3.8, 4) is 0 Å². The van der Waals surface area contributed by atoms with Crippen LogP contribution in [0.3, 0.4) is 0 Å². The van der Waals surface area contributed by atoms with E-state index in [1.54, 1.807) is 12.1 Å². The van der Waals surface area contributed by atoms with Crippen LogP contribution in [0.1, 0.15) is 54.8 Å². The van der Waals surface area contributed by atoms with Crippen LogP contribution in [0.5, 0.6) is 0 Å². The molecule has 1 aromatic rings. The summed E-state index contributed by atoms with van der Waals surface area (Å²) in [7, 11) is 0. The molecule has 3 rings (SSSR count). The Morgan fingerprint density at radius 3 is 2.43 bits per heavy atom. The summed E-state index contributed by atoms with van der Waals surface area (Å²) in [5.74, 6) is -0.659. The van der Waals surface area contributed by atoms with Gasteiger partial charge in [-0.3, -0.25) is 14.9 Å². The van der Waals surface area contributed by atoms with Crippen LogP contribution < -0.4 is 10.6 Å². The Kier molecular flexibility index (Phi) is 2.89. The van der Waals surface area contributed by atoms with Crippen LogP contribution in [0.25, 0.3) is 0 Å². The largest absolute Gasteiger partial charge is 0.379 e. The smallest absolute Gasteiger partial charge is 0.259 e. The molecule has 0 aliphatic carbocycles. The summed E-state index contributed by atoms with van der Waals surface area (Å²) >= 11 is 0. The van der Waals surface area contributed by atoms with Crippen molar-refractivity contribution in [3.05, 3.63) is 29.3 Å². The minimum absolute atomic E-state index is 0.144. The van der Waals surface area contributed by atoms with E-state index in [1.807, 2.05) is 6.07 Å². The van der Waals surface area contributed by atoms with Crippen molar-refractivity contribution in [2.45, 2.75) is 51.4 Å². The topological polar surface area (TPSA) is 67.4 Å². The number of ether oxygens (including phenoxy) is 1. The summed E-state index contributed by atoms with van der Waals surface area (Å²) in [6.07, 6.45) is 0.877. The predicted molar refractivity (Wildman–Crippen MR) is 79.5 cm³/mol. The Bertz CT molecular complexity index is 634.